The Kier molecular flexibility index (Phi) is 5.48. The molecule has 138 valence electrons. The van der Waals surface area contributed by atoms with Gasteiger partial charge in [0, 0.05) is 24.6 Å². The van der Waals surface area contributed by atoms with E-state index in [-0.39, 0.29) is 18.0 Å². The van der Waals surface area contributed by atoms with Crippen molar-refractivity contribution in [1.29, 1.82) is 0 Å². The van der Waals surface area contributed by atoms with Gasteiger partial charge in [0.25, 0.3) is 0 Å². The second-order valence-electron chi connectivity index (χ2n) is 6.79. The van der Waals surface area contributed by atoms with Crippen LogP contribution >= 0.6 is 0 Å². The molecular weight excluding hydrogens is 340 g/mol. The summed E-state index contributed by atoms with van der Waals surface area (Å²) in [5, 5.41) is 3.27. The number of guanidine groups is 1. The van der Waals surface area contributed by atoms with E-state index in [1.54, 1.807) is 0 Å². The Morgan fingerprint density at radius 2 is 2.12 bits per heavy atom. The van der Waals surface area contributed by atoms with E-state index in [0.29, 0.717) is 19.1 Å². The molecule has 1 aromatic carbocycles. The smallest absolute Gasteiger partial charge is 0.208 e. The average molecular weight is 366 g/mol. The van der Waals surface area contributed by atoms with Crippen LogP contribution in [0.1, 0.15) is 37.3 Å². The summed E-state index contributed by atoms with van der Waals surface area (Å²) in [6.07, 6.45) is 4.85. The highest BCUT2D eigenvalue weighted by molar-refractivity contribution is 7.88. The first-order chi connectivity index (χ1) is 11.9. The third-order valence-corrected chi connectivity index (χ3v) is 5.53. The fraction of sp³-hybridized carbons (Fsp3) is 0.588. The number of fused-ring (bicyclic) bond motifs is 1. The second kappa shape index (κ2) is 7.61. The largest absolute Gasteiger partial charge is 0.493 e. The van der Waals surface area contributed by atoms with Crippen LogP contribution < -0.4 is 20.5 Å². The fourth-order valence-corrected chi connectivity index (χ4v) is 4.48. The molecule has 1 aromatic rings. The molecule has 0 aromatic heterocycles. The molecule has 2 aliphatic rings. The van der Waals surface area contributed by atoms with Gasteiger partial charge in [-0.05, 0) is 24.8 Å². The zero-order valence-corrected chi connectivity index (χ0v) is 15.3. The number of sulfonamides is 1. The lowest BCUT2D eigenvalue weighted by Crippen LogP contribution is -2.40. The first-order valence-electron chi connectivity index (χ1n) is 8.68. The SMILES string of the molecule is CS(=O)(=O)NC1CCCC1CN=C(N)NC1CCOc2ccccc21. The number of benzene rings is 1. The number of aliphatic imine (C=N–C) groups is 1. The van der Waals surface area contributed by atoms with Gasteiger partial charge < -0.3 is 15.8 Å². The number of hydrogen-bond acceptors (Lipinski definition) is 4. The van der Waals surface area contributed by atoms with Gasteiger partial charge in [0.2, 0.25) is 10.0 Å². The molecule has 4 N–H and O–H groups in total. The standard InChI is InChI=1S/C17H26N4O3S/c1-25(22,23)21-14-7-4-5-12(14)11-19-17(18)20-15-9-10-24-16-8-3-2-6-13(15)16/h2-3,6,8,12,14-15,21H,4-5,7,9-11H2,1H3,(H3,18,19,20). The van der Waals surface area contributed by atoms with Crippen molar-refractivity contribution < 1.29 is 13.2 Å². The Hall–Kier alpha value is -1.80. The Balaban J connectivity index is 1.59. The Bertz CT molecular complexity index is 735. The van der Waals surface area contributed by atoms with Gasteiger partial charge in [-0.25, -0.2) is 13.1 Å². The van der Waals surface area contributed by atoms with E-state index in [2.05, 4.69) is 15.0 Å². The van der Waals surface area contributed by atoms with Crippen LogP contribution in [0.15, 0.2) is 29.3 Å². The van der Waals surface area contributed by atoms with Gasteiger partial charge in [-0.3, -0.25) is 4.99 Å². The van der Waals surface area contributed by atoms with E-state index in [0.717, 1.165) is 37.0 Å². The molecule has 3 unspecified atom stereocenters. The predicted molar refractivity (Wildman–Crippen MR) is 98.0 cm³/mol. The zero-order valence-electron chi connectivity index (χ0n) is 14.4. The summed E-state index contributed by atoms with van der Waals surface area (Å²) in [5.41, 5.74) is 7.16. The number of ether oxygens (including phenoxy) is 1. The number of para-hydroxylation sites is 1. The number of nitrogens with zero attached hydrogens (tertiary/aromatic N) is 1. The van der Waals surface area contributed by atoms with Gasteiger partial charge in [-0.1, -0.05) is 24.6 Å². The van der Waals surface area contributed by atoms with Crippen molar-refractivity contribution in [3.05, 3.63) is 29.8 Å². The molecule has 8 heteroatoms. The maximum atomic E-state index is 11.5. The molecule has 25 heavy (non-hydrogen) atoms. The third kappa shape index (κ3) is 4.85. The van der Waals surface area contributed by atoms with E-state index >= 15 is 0 Å². The minimum absolute atomic E-state index is 0.0460. The Labute approximate surface area is 149 Å². The van der Waals surface area contributed by atoms with Crippen molar-refractivity contribution in [2.45, 2.75) is 37.8 Å². The monoisotopic (exact) mass is 366 g/mol. The van der Waals surface area contributed by atoms with Gasteiger partial charge >= 0.3 is 0 Å². The lowest BCUT2D eigenvalue weighted by molar-refractivity contribution is 0.262. The van der Waals surface area contributed by atoms with Crippen molar-refractivity contribution in [3.63, 3.8) is 0 Å². The van der Waals surface area contributed by atoms with Crippen LogP contribution in [0, 0.1) is 5.92 Å². The van der Waals surface area contributed by atoms with E-state index in [4.69, 9.17) is 10.5 Å². The van der Waals surface area contributed by atoms with Crippen molar-refractivity contribution in [1.82, 2.24) is 10.0 Å². The topological polar surface area (TPSA) is 106 Å². The summed E-state index contributed by atoms with van der Waals surface area (Å²) in [6.45, 7) is 1.17. The molecule has 1 saturated carbocycles. The molecule has 0 amide bonds. The molecule has 0 saturated heterocycles. The van der Waals surface area contributed by atoms with Crippen LogP contribution in [0.3, 0.4) is 0 Å². The summed E-state index contributed by atoms with van der Waals surface area (Å²) >= 11 is 0. The molecule has 7 nitrogen and oxygen atoms in total. The summed E-state index contributed by atoms with van der Waals surface area (Å²) in [7, 11) is -3.19. The average Bonchev–Trinajstić information content (AvgIpc) is 2.98. The van der Waals surface area contributed by atoms with Gasteiger partial charge in [0.05, 0.1) is 18.9 Å². The van der Waals surface area contributed by atoms with E-state index < -0.39 is 10.0 Å². The minimum atomic E-state index is -3.19. The zero-order chi connectivity index (χ0) is 17.9. The van der Waals surface area contributed by atoms with Crippen LogP contribution in [0.5, 0.6) is 5.75 Å². The molecule has 0 radical (unpaired) electrons. The Morgan fingerprint density at radius 1 is 1.32 bits per heavy atom. The summed E-state index contributed by atoms with van der Waals surface area (Å²) < 4.78 is 31.3. The van der Waals surface area contributed by atoms with E-state index in [9.17, 15) is 8.42 Å². The van der Waals surface area contributed by atoms with Crippen LogP contribution in [0.4, 0.5) is 0 Å². The minimum Gasteiger partial charge on any atom is -0.493 e. The van der Waals surface area contributed by atoms with E-state index in [1.165, 1.54) is 6.26 Å². The second-order valence-corrected chi connectivity index (χ2v) is 8.57. The highest BCUT2D eigenvalue weighted by atomic mass is 32.2. The van der Waals surface area contributed by atoms with Gasteiger partial charge in [-0.15, -0.1) is 0 Å². The first-order valence-corrected chi connectivity index (χ1v) is 10.6. The molecule has 1 heterocycles. The first kappa shape index (κ1) is 18.0. The van der Waals surface area contributed by atoms with Crippen molar-refractivity contribution in [3.8, 4) is 5.75 Å². The summed E-state index contributed by atoms with van der Waals surface area (Å²) in [5.74, 6) is 1.47. The van der Waals surface area contributed by atoms with Crippen LogP contribution in [-0.2, 0) is 10.0 Å². The van der Waals surface area contributed by atoms with Gasteiger partial charge in [0.1, 0.15) is 5.75 Å². The van der Waals surface area contributed by atoms with Gasteiger partial charge in [-0.2, -0.15) is 0 Å². The van der Waals surface area contributed by atoms with Crippen LogP contribution in [0.2, 0.25) is 0 Å². The lowest BCUT2D eigenvalue weighted by Gasteiger charge is -2.27. The maximum absolute atomic E-state index is 11.5. The molecule has 1 fully saturated rings. The number of hydrogen-bond donors (Lipinski definition) is 3. The molecular formula is C17H26N4O3S. The van der Waals surface area contributed by atoms with Crippen LogP contribution in [0.25, 0.3) is 0 Å². The molecule has 0 bridgehead atoms. The third-order valence-electron chi connectivity index (χ3n) is 4.80. The van der Waals surface area contributed by atoms with Crippen molar-refractivity contribution >= 4 is 16.0 Å². The molecule has 1 aliphatic heterocycles. The molecule has 3 rings (SSSR count). The highest BCUT2D eigenvalue weighted by Crippen LogP contribution is 2.31. The van der Waals surface area contributed by atoms with Crippen molar-refractivity contribution in [2.75, 3.05) is 19.4 Å². The van der Waals surface area contributed by atoms with E-state index in [1.807, 2.05) is 24.3 Å². The summed E-state index contributed by atoms with van der Waals surface area (Å²) in [6, 6.07) is 7.96. The normalized spacial score (nSPS) is 26.8. The number of nitrogens with one attached hydrogen (secondary N) is 2. The maximum Gasteiger partial charge on any atom is 0.208 e. The number of nitrogens with two attached hydrogens (primary N) is 1. The Morgan fingerprint density at radius 3 is 2.92 bits per heavy atom. The van der Waals surface area contributed by atoms with Crippen molar-refractivity contribution in [2.24, 2.45) is 16.6 Å². The molecule has 3 atom stereocenters. The molecule has 0 spiro atoms. The van der Waals surface area contributed by atoms with Gasteiger partial charge in [0.15, 0.2) is 5.96 Å². The lowest BCUT2D eigenvalue weighted by atomic mass is 10.0. The fourth-order valence-electron chi connectivity index (χ4n) is 3.62. The quantitative estimate of drug-likeness (QED) is 0.535. The highest BCUT2D eigenvalue weighted by Gasteiger charge is 2.29. The number of rotatable bonds is 5. The summed E-state index contributed by atoms with van der Waals surface area (Å²) in [4.78, 5) is 4.46. The molecule has 1 aliphatic carbocycles. The predicted octanol–water partition coefficient (Wildman–Crippen LogP) is 1.13. The van der Waals surface area contributed by atoms with Crippen LogP contribution in [-0.4, -0.2) is 39.8 Å².